The van der Waals surface area contributed by atoms with Crippen LogP contribution in [0.15, 0.2) is 11.5 Å². The molecule has 2 aliphatic heterocycles. The van der Waals surface area contributed by atoms with Gasteiger partial charge in [0.25, 0.3) is 0 Å². The Morgan fingerprint density at radius 3 is 2.18 bits per heavy atom. The van der Waals surface area contributed by atoms with Crippen molar-refractivity contribution < 1.29 is 14.1 Å². The molecule has 0 unspecified atom stereocenters. The van der Waals surface area contributed by atoms with Gasteiger partial charge in [-0.05, 0) is 45.0 Å². The Labute approximate surface area is 135 Å². The van der Waals surface area contributed by atoms with Crippen LogP contribution in [0.1, 0.15) is 61.3 Å². The lowest BCUT2D eigenvalue weighted by atomic mass is 9.74. The summed E-state index contributed by atoms with van der Waals surface area (Å²) >= 11 is 0. The fourth-order valence-electron chi connectivity index (χ4n) is 2.69. The summed E-state index contributed by atoms with van der Waals surface area (Å²) in [6.45, 7) is 16.0. The lowest BCUT2D eigenvalue weighted by Gasteiger charge is -2.32. The van der Waals surface area contributed by atoms with Gasteiger partial charge in [0, 0.05) is 19.5 Å². The van der Waals surface area contributed by atoms with Crippen LogP contribution in [0.3, 0.4) is 0 Å². The third-order valence-corrected chi connectivity index (χ3v) is 4.83. The van der Waals surface area contributed by atoms with Crippen molar-refractivity contribution in [2.24, 2.45) is 5.41 Å². The highest BCUT2D eigenvalue weighted by molar-refractivity contribution is 6.54. The normalized spacial score (nSPS) is 24.4. The van der Waals surface area contributed by atoms with E-state index in [1.165, 1.54) is 5.47 Å². The molecule has 0 aromatic heterocycles. The second-order valence-corrected chi connectivity index (χ2v) is 8.69. The quantitative estimate of drug-likeness (QED) is 0.735. The van der Waals surface area contributed by atoms with E-state index in [0.29, 0.717) is 13.0 Å². The van der Waals surface area contributed by atoms with E-state index >= 15 is 0 Å². The fourth-order valence-corrected chi connectivity index (χ4v) is 2.69. The molecule has 0 spiro atoms. The first-order valence-electron chi connectivity index (χ1n) is 8.24. The SMILES string of the molecule is CC(C)(C)CC(=O)N1CC=C(B2OC(C)(C)C(C)(C)O2)CC1. The highest BCUT2D eigenvalue weighted by atomic mass is 16.7. The fraction of sp³-hybridized carbons (Fsp3) is 0.824. The summed E-state index contributed by atoms with van der Waals surface area (Å²) in [7, 11) is -0.273. The molecule has 1 amide bonds. The second-order valence-electron chi connectivity index (χ2n) is 8.69. The van der Waals surface area contributed by atoms with Gasteiger partial charge in [0.1, 0.15) is 0 Å². The number of rotatable bonds is 2. The van der Waals surface area contributed by atoms with Crippen LogP contribution in [0.25, 0.3) is 0 Å². The van der Waals surface area contributed by atoms with Gasteiger partial charge in [-0.3, -0.25) is 4.79 Å². The lowest BCUT2D eigenvalue weighted by Crippen LogP contribution is -2.41. The number of carbonyl (C=O) groups is 1. The minimum atomic E-state index is -0.308. The van der Waals surface area contributed by atoms with Crippen molar-refractivity contribution in [3.05, 3.63) is 11.5 Å². The van der Waals surface area contributed by atoms with Gasteiger partial charge in [-0.2, -0.15) is 0 Å². The summed E-state index contributed by atoms with van der Waals surface area (Å²) in [4.78, 5) is 14.2. The molecule has 0 atom stereocenters. The van der Waals surface area contributed by atoms with E-state index in [2.05, 4.69) is 54.5 Å². The molecule has 2 heterocycles. The van der Waals surface area contributed by atoms with E-state index in [-0.39, 0.29) is 29.6 Å². The maximum absolute atomic E-state index is 12.3. The molecule has 5 heteroatoms. The molecule has 4 nitrogen and oxygen atoms in total. The summed E-state index contributed by atoms with van der Waals surface area (Å²) in [6.07, 6.45) is 3.52. The smallest absolute Gasteiger partial charge is 0.400 e. The second kappa shape index (κ2) is 5.68. The van der Waals surface area contributed by atoms with Crippen LogP contribution in [0, 0.1) is 5.41 Å². The van der Waals surface area contributed by atoms with Crippen LogP contribution in [0.2, 0.25) is 0 Å². The molecule has 0 saturated carbocycles. The third kappa shape index (κ3) is 3.74. The Kier molecular flexibility index (Phi) is 4.53. The average Bonchev–Trinajstić information content (AvgIpc) is 2.56. The standard InChI is InChI=1S/C17H30BNO3/c1-15(2,3)12-14(20)19-10-8-13(9-11-19)18-21-16(4,5)17(6,7)22-18/h8H,9-12H2,1-7H3. The molecule has 0 radical (unpaired) electrons. The van der Waals surface area contributed by atoms with Crippen LogP contribution in [-0.2, 0) is 14.1 Å². The van der Waals surface area contributed by atoms with E-state index in [1.807, 2.05) is 4.90 Å². The molecule has 0 aromatic carbocycles. The van der Waals surface area contributed by atoms with Gasteiger partial charge < -0.3 is 14.2 Å². The van der Waals surface area contributed by atoms with Crippen molar-refractivity contribution in [2.75, 3.05) is 13.1 Å². The minimum absolute atomic E-state index is 0.0345. The molecular weight excluding hydrogens is 277 g/mol. The predicted octanol–water partition coefficient (Wildman–Crippen LogP) is 3.21. The van der Waals surface area contributed by atoms with Crippen molar-refractivity contribution in [2.45, 2.75) is 72.5 Å². The monoisotopic (exact) mass is 307 g/mol. The Bertz CT molecular complexity index is 461. The van der Waals surface area contributed by atoms with E-state index in [4.69, 9.17) is 9.31 Å². The Morgan fingerprint density at radius 2 is 1.77 bits per heavy atom. The van der Waals surface area contributed by atoms with Crippen LogP contribution in [-0.4, -0.2) is 42.2 Å². The molecule has 0 N–H and O–H groups in total. The molecular formula is C17H30BNO3. The third-order valence-electron chi connectivity index (χ3n) is 4.83. The van der Waals surface area contributed by atoms with Crippen LogP contribution >= 0.6 is 0 Å². The van der Waals surface area contributed by atoms with Gasteiger partial charge in [0.15, 0.2) is 0 Å². The highest BCUT2D eigenvalue weighted by Crippen LogP contribution is 2.39. The van der Waals surface area contributed by atoms with E-state index in [1.54, 1.807) is 0 Å². The van der Waals surface area contributed by atoms with Gasteiger partial charge in [-0.25, -0.2) is 0 Å². The van der Waals surface area contributed by atoms with Gasteiger partial charge in [-0.1, -0.05) is 26.8 Å². The maximum Gasteiger partial charge on any atom is 0.490 e. The number of carbonyl (C=O) groups excluding carboxylic acids is 1. The van der Waals surface area contributed by atoms with Crippen molar-refractivity contribution in [3.63, 3.8) is 0 Å². The first-order chi connectivity index (χ1) is 9.91. The maximum atomic E-state index is 12.3. The number of hydrogen-bond donors (Lipinski definition) is 0. The molecule has 2 aliphatic rings. The zero-order valence-electron chi connectivity index (χ0n) is 15.2. The average molecular weight is 307 g/mol. The molecule has 0 aromatic rings. The number of hydrogen-bond acceptors (Lipinski definition) is 3. The van der Waals surface area contributed by atoms with Gasteiger partial charge in [0.05, 0.1) is 11.2 Å². The van der Waals surface area contributed by atoms with Gasteiger partial charge >= 0.3 is 7.12 Å². The van der Waals surface area contributed by atoms with Crippen molar-refractivity contribution >= 4 is 13.0 Å². The Hall–Kier alpha value is -0.805. The Balaban J connectivity index is 1.97. The topological polar surface area (TPSA) is 38.8 Å². The molecule has 22 heavy (non-hydrogen) atoms. The van der Waals surface area contributed by atoms with Crippen molar-refractivity contribution in [3.8, 4) is 0 Å². The van der Waals surface area contributed by atoms with Crippen LogP contribution in [0.4, 0.5) is 0 Å². The number of amides is 1. The molecule has 124 valence electrons. The van der Waals surface area contributed by atoms with Gasteiger partial charge in [-0.15, -0.1) is 0 Å². The summed E-state index contributed by atoms with van der Waals surface area (Å²) in [5, 5.41) is 0. The van der Waals surface area contributed by atoms with E-state index < -0.39 is 0 Å². The van der Waals surface area contributed by atoms with Crippen molar-refractivity contribution in [1.82, 2.24) is 4.90 Å². The van der Waals surface area contributed by atoms with E-state index in [0.717, 1.165) is 13.0 Å². The van der Waals surface area contributed by atoms with Crippen molar-refractivity contribution in [1.29, 1.82) is 0 Å². The molecule has 1 fully saturated rings. The van der Waals surface area contributed by atoms with E-state index in [9.17, 15) is 4.79 Å². The molecule has 2 rings (SSSR count). The molecule has 0 aliphatic carbocycles. The highest BCUT2D eigenvalue weighted by Gasteiger charge is 2.52. The lowest BCUT2D eigenvalue weighted by molar-refractivity contribution is -0.132. The van der Waals surface area contributed by atoms with Crippen LogP contribution < -0.4 is 0 Å². The molecule has 1 saturated heterocycles. The predicted molar refractivity (Wildman–Crippen MR) is 89.4 cm³/mol. The summed E-state index contributed by atoms with van der Waals surface area (Å²) in [5.74, 6) is 0.233. The van der Waals surface area contributed by atoms with Gasteiger partial charge in [0.2, 0.25) is 5.91 Å². The first-order valence-corrected chi connectivity index (χ1v) is 8.24. The molecule has 0 bridgehead atoms. The summed E-state index contributed by atoms with van der Waals surface area (Å²) < 4.78 is 12.2. The Morgan fingerprint density at radius 1 is 1.23 bits per heavy atom. The summed E-state index contributed by atoms with van der Waals surface area (Å²) in [6, 6.07) is 0. The van der Waals surface area contributed by atoms with Crippen LogP contribution in [0.5, 0.6) is 0 Å². The zero-order valence-corrected chi connectivity index (χ0v) is 15.2. The summed E-state index contributed by atoms with van der Waals surface area (Å²) in [5.41, 5.74) is 0.584. The first kappa shape index (κ1) is 17.5. The minimum Gasteiger partial charge on any atom is -0.400 e. The largest absolute Gasteiger partial charge is 0.490 e. The number of nitrogens with zero attached hydrogens (tertiary/aromatic N) is 1. The zero-order chi connectivity index (χ0) is 16.8.